The monoisotopic (exact) mass is 290 g/mol. The van der Waals surface area contributed by atoms with Gasteiger partial charge in [-0.25, -0.2) is 0 Å². The van der Waals surface area contributed by atoms with Crippen LogP contribution in [0.3, 0.4) is 0 Å². The maximum Gasteiger partial charge on any atom is 0.0145 e. The average Bonchev–Trinajstić information content (AvgIpc) is 2.26. The second-order valence-corrected chi connectivity index (χ2v) is 6.55. The van der Waals surface area contributed by atoms with Crippen LogP contribution in [0.4, 0.5) is 0 Å². The third-order valence-corrected chi connectivity index (χ3v) is 4.35. The highest BCUT2D eigenvalue weighted by atomic mass is 79.9. The number of hydrogen-bond donors (Lipinski definition) is 0. The van der Waals surface area contributed by atoms with Gasteiger partial charge < -0.3 is 0 Å². The van der Waals surface area contributed by atoms with Gasteiger partial charge in [0, 0.05) is 4.83 Å². The van der Waals surface area contributed by atoms with Crippen molar-refractivity contribution in [2.75, 3.05) is 0 Å². The summed E-state index contributed by atoms with van der Waals surface area (Å²) in [5, 5.41) is 0. The Morgan fingerprint density at radius 1 is 0.812 bits per heavy atom. The summed E-state index contributed by atoms with van der Waals surface area (Å²) >= 11 is 3.71. The van der Waals surface area contributed by atoms with Crippen molar-refractivity contribution >= 4 is 15.9 Å². The minimum atomic E-state index is 0.696. The number of rotatable bonds is 11. The first-order valence-electron chi connectivity index (χ1n) is 7.36. The van der Waals surface area contributed by atoms with Gasteiger partial charge in [-0.2, -0.15) is 0 Å². The molecule has 0 nitrogen and oxygen atoms in total. The maximum absolute atomic E-state index is 3.71. The number of halogens is 1. The summed E-state index contributed by atoms with van der Waals surface area (Å²) in [6.07, 6.45) is 14.2. The number of alkyl halides is 1. The third-order valence-electron chi connectivity index (χ3n) is 3.60. The summed E-state index contributed by atoms with van der Waals surface area (Å²) in [4.78, 5) is 0.696. The van der Waals surface area contributed by atoms with Crippen LogP contribution in [0, 0.1) is 5.92 Å². The SMILES string of the molecule is CCCCCCCCCCC(CC)C(C)Br. The van der Waals surface area contributed by atoms with E-state index in [4.69, 9.17) is 0 Å². The number of hydrogen-bond acceptors (Lipinski definition) is 0. The van der Waals surface area contributed by atoms with Crippen LogP contribution in [0.5, 0.6) is 0 Å². The van der Waals surface area contributed by atoms with Crippen molar-refractivity contribution in [2.45, 2.75) is 89.8 Å². The van der Waals surface area contributed by atoms with Crippen LogP contribution in [-0.2, 0) is 0 Å². The number of unbranched alkanes of at least 4 members (excludes halogenated alkanes) is 7. The first-order valence-corrected chi connectivity index (χ1v) is 8.28. The normalized spacial score (nSPS) is 15.0. The summed E-state index contributed by atoms with van der Waals surface area (Å²) in [6.45, 7) is 6.89. The molecule has 0 saturated heterocycles. The Bertz CT molecular complexity index is 131. The fourth-order valence-electron chi connectivity index (χ4n) is 2.30. The maximum atomic E-state index is 3.71. The van der Waals surface area contributed by atoms with E-state index in [0.29, 0.717) is 4.83 Å². The molecule has 1 heteroatoms. The highest BCUT2D eigenvalue weighted by molar-refractivity contribution is 9.09. The van der Waals surface area contributed by atoms with Crippen LogP contribution < -0.4 is 0 Å². The molecule has 0 saturated carbocycles. The lowest BCUT2D eigenvalue weighted by molar-refractivity contribution is 0.438. The predicted octanol–water partition coefficient (Wildman–Crippen LogP) is 6.33. The molecule has 0 amide bonds. The van der Waals surface area contributed by atoms with Gasteiger partial charge in [-0.15, -0.1) is 0 Å². The zero-order valence-corrected chi connectivity index (χ0v) is 13.2. The molecule has 0 spiro atoms. The van der Waals surface area contributed by atoms with Crippen molar-refractivity contribution in [3.63, 3.8) is 0 Å². The molecule has 0 aromatic rings. The molecular formula is C15H31Br. The van der Waals surface area contributed by atoms with Crippen LogP contribution >= 0.6 is 15.9 Å². The first kappa shape index (κ1) is 16.5. The molecule has 16 heavy (non-hydrogen) atoms. The molecular weight excluding hydrogens is 260 g/mol. The van der Waals surface area contributed by atoms with E-state index in [1.54, 1.807) is 0 Å². The fourth-order valence-corrected chi connectivity index (χ4v) is 2.94. The summed E-state index contributed by atoms with van der Waals surface area (Å²) in [6, 6.07) is 0. The second kappa shape index (κ2) is 12.0. The van der Waals surface area contributed by atoms with Crippen molar-refractivity contribution in [3.8, 4) is 0 Å². The topological polar surface area (TPSA) is 0 Å². The minimum Gasteiger partial charge on any atom is -0.0891 e. The molecule has 0 rings (SSSR count). The Morgan fingerprint density at radius 3 is 1.75 bits per heavy atom. The standard InChI is InChI=1S/C15H31Br/c1-4-6-7-8-9-10-11-12-13-15(5-2)14(3)16/h14-15H,4-13H2,1-3H3. The Balaban J connectivity index is 3.19. The van der Waals surface area contributed by atoms with Gasteiger partial charge in [0.2, 0.25) is 0 Å². The van der Waals surface area contributed by atoms with Gasteiger partial charge in [-0.1, -0.05) is 94.5 Å². The highest BCUT2D eigenvalue weighted by Gasteiger charge is 2.11. The Morgan fingerprint density at radius 2 is 1.31 bits per heavy atom. The molecule has 0 aliphatic heterocycles. The van der Waals surface area contributed by atoms with Gasteiger partial charge in [0.25, 0.3) is 0 Å². The zero-order chi connectivity index (χ0) is 12.2. The smallest absolute Gasteiger partial charge is 0.0145 e. The Hall–Kier alpha value is 0.480. The molecule has 0 radical (unpaired) electrons. The largest absolute Gasteiger partial charge is 0.0891 e. The molecule has 0 heterocycles. The quantitative estimate of drug-likeness (QED) is 0.308. The minimum absolute atomic E-state index is 0.696. The van der Waals surface area contributed by atoms with E-state index in [1.807, 2.05) is 0 Å². The Labute approximate surface area is 112 Å². The van der Waals surface area contributed by atoms with E-state index in [0.717, 1.165) is 5.92 Å². The lowest BCUT2D eigenvalue weighted by Gasteiger charge is -2.17. The van der Waals surface area contributed by atoms with E-state index in [2.05, 4.69) is 36.7 Å². The van der Waals surface area contributed by atoms with E-state index in [1.165, 1.54) is 64.2 Å². The molecule has 0 aromatic carbocycles. The highest BCUT2D eigenvalue weighted by Crippen LogP contribution is 2.23. The van der Waals surface area contributed by atoms with Crippen molar-refractivity contribution in [2.24, 2.45) is 5.92 Å². The molecule has 0 aliphatic rings. The van der Waals surface area contributed by atoms with Gasteiger partial charge in [0.1, 0.15) is 0 Å². The summed E-state index contributed by atoms with van der Waals surface area (Å²) in [5.74, 6) is 0.889. The molecule has 98 valence electrons. The molecule has 2 unspecified atom stereocenters. The van der Waals surface area contributed by atoms with Gasteiger partial charge in [-0.3, -0.25) is 0 Å². The van der Waals surface area contributed by atoms with E-state index in [-0.39, 0.29) is 0 Å². The fraction of sp³-hybridized carbons (Fsp3) is 1.00. The van der Waals surface area contributed by atoms with Gasteiger partial charge in [-0.05, 0) is 12.3 Å². The molecule has 2 atom stereocenters. The summed E-state index contributed by atoms with van der Waals surface area (Å²) in [5.41, 5.74) is 0. The van der Waals surface area contributed by atoms with Crippen LogP contribution in [0.2, 0.25) is 0 Å². The van der Waals surface area contributed by atoms with Crippen molar-refractivity contribution in [1.29, 1.82) is 0 Å². The van der Waals surface area contributed by atoms with E-state index in [9.17, 15) is 0 Å². The van der Waals surface area contributed by atoms with Crippen molar-refractivity contribution < 1.29 is 0 Å². The van der Waals surface area contributed by atoms with E-state index < -0.39 is 0 Å². The summed E-state index contributed by atoms with van der Waals surface area (Å²) < 4.78 is 0. The second-order valence-electron chi connectivity index (χ2n) is 5.11. The molecule has 0 N–H and O–H groups in total. The van der Waals surface area contributed by atoms with Crippen LogP contribution in [0.15, 0.2) is 0 Å². The van der Waals surface area contributed by atoms with Crippen LogP contribution in [-0.4, -0.2) is 4.83 Å². The summed E-state index contributed by atoms with van der Waals surface area (Å²) in [7, 11) is 0. The van der Waals surface area contributed by atoms with Gasteiger partial charge in [0.15, 0.2) is 0 Å². The lowest BCUT2D eigenvalue weighted by atomic mass is 9.95. The van der Waals surface area contributed by atoms with Crippen LogP contribution in [0.1, 0.15) is 85.0 Å². The van der Waals surface area contributed by atoms with Crippen molar-refractivity contribution in [3.05, 3.63) is 0 Å². The van der Waals surface area contributed by atoms with Crippen molar-refractivity contribution in [1.82, 2.24) is 0 Å². The van der Waals surface area contributed by atoms with Gasteiger partial charge >= 0.3 is 0 Å². The molecule has 0 fully saturated rings. The predicted molar refractivity (Wildman–Crippen MR) is 79.4 cm³/mol. The first-order chi connectivity index (χ1) is 7.72. The third kappa shape index (κ3) is 9.69. The average molecular weight is 291 g/mol. The van der Waals surface area contributed by atoms with Gasteiger partial charge in [0.05, 0.1) is 0 Å². The molecule has 0 aromatic heterocycles. The van der Waals surface area contributed by atoms with E-state index >= 15 is 0 Å². The molecule has 0 aliphatic carbocycles. The van der Waals surface area contributed by atoms with Crippen LogP contribution in [0.25, 0.3) is 0 Å². The molecule has 0 bridgehead atoms. The lowest BCUT2D eigenvalue weighted by Crippen LogP contribution is -2.09. The Kier molecular flexibility index (Phi) is 12.3. The zero-order valence-electron chi connectivity index (χ0n) is 11.6.